The van der Waals surface area contributed by atoms with Crippen LogP contribution in [0.2, 0.25) is 5.15 Å². The zero-order valence-electron chi connectivity index (χ0n) is 11.2. The van der Waals surface area contributed by atoms with E-state index >= 15 is 0 Å². The molecule has 2 rings (SSSR count). The maximum Gasteiger partial charge on any atom is 0.158 e. The maximum absolute atomic E-state index is 5.92. The van der Waals surface area contributed by atoms with Crippen LogP contribution in [-0.2, 0) is 16.1 Å². The van der Waals surface area contributed by atoms with Crippen molar-refractivity contribution in [3.63, 3.8) is 0 Å². The van der Waals surface area contributed by atoms with Crippen LogP contribution in [0.3, 0.4) is 0 Å². The molecule has 5 nitrogen and oxygen atoms in total. The second kappa shape index (κ2) is 7.62. The number of hydrogen-bond donors (Lipinski definition) is 1. The van der Waals surface area contributed by atoms with Crippen molar-refractivity contribution in [1.82, 2.24) is 9.97 Å². The molecule has 0 spiro atoms. The minimum Gasteiger partial charge on any atom is -0.381 e. The summed E-state index contributed by atoms with van der Waals surface area (Å²) < 4.78 is 10.6. The highest BCUT2D eigenvalue weighted by molar-refractivity contribution is 6.29. The number of methoxy groups -OCH3 is 1. The van der Waals surface area contributed by atoms with Gasteiger partial charge in [-0.05, 0) is 25.2 Å². The number of rotatable bonds is 9. The van der Waals surface area contributed by atoms with E-state index in [9.17, 15) is 0 Å². The molecule has 0 aliphatic heterocycles. The molecule has 1 aliphatic carbocycles. The Bertz CT molecular complexity index is 399. The molecule has 0 bridgehead atoms. The van der Waals surface area contributed by atoms with E-state index in [0.29, 0.717) is 17.6 Å². The van der Waals surface area contributed by atoms with Crippen molar-refractivity contribution < 1.29 is 9.47 Å². The van der Waals surface area contributed by atoms with E-state index in [1.54, 1.807) is 13.2 Å². The fourth-order valence-corrected chi connectivity index (χ4v) is 1.88. The molecule has 0 saturated heterocycles. The summed E-state index contributed by atoms with van der Waals surface area (Å²) in [4.78, 5) is 8.38. The molecule has 0 atom stereocenters. The van der Waals surface area contributed by atoms with Gasteiger partial charge in [0.25, 0.3) is 0 Å². The van der Waals surface area contributed by atoms with E-state index in [1.807, 2.05) is 0 Å². The number of halogens is 1. The molecule has 1 N–H and O–H groups in total. The molecule has 1 saturated carbocycles. The molecule has 1 aliphatic rings. The summed E-state index contributed by atoms with van der Waals surface area (Å²) in [6.45, 7) is 2.87. The van der Waals surface area contributed by atoms with Gasteiger partial charge in [0, 0.05) is 32.9 Å². The Morgan fingerprint density at radius 2 is 2.26 bits per heavy atom. The van der Waals surface area contributed by atoms with Crippen molar-refractivity contribution in [2.45, 2.75) is 25.9 Å². The lowest BCUT2D eigenvalue weighted by Crippen LogP contribution is -2.09. The van der Waals surface area contributed by atoms with E-state index in [4.69, 9.17) is 21.1 Å². The topological polar surface area (TPSA) is 56.3 Å². The lowest BCUT2D eigenvalue weighted by molar-refractivity contribution is 0.124. The Hall–Kier alpha value is -0.910. The lowest BCUT2D eigenvalue weighted by atomic mass is 10.4. The molecule has 1 aromatic rings. The Balaban J connectivity index is 1.65. The van der Waals surface area contributed by atoms with Gasteiger partial charge >= 0.3 is 0 Å². The third-order valence-corrected chi connectivity index (χ3v) is 3.03. The number of anilines is 1. The molecule has 0 amide bonds. The van der Waals surface area contributed by atoms with Crippen molar-refractivity contribution >= 4 is 17.4 Å². The number of nitrogens with one attached hydrogen (secondary N) is 1. The molecule has 0 aromatic carbocycles. The first-order valence-corrected chi connectivity index (χ1v) is 6.99. The zero-order chi connectivity index (χ0) is 13.5. The number of ether oxygens (including phenoxy) is 2. The van der Waals surface area contributed by atoms with Crippen molar-refractivity contribution in [1.29, 1.82) is 0 Å². The summed E-state index contributed by atoms with van der Waals surface area (Å²) in [7, 11) is 1.61. The largest absolute Gasteiger partial charge is 0.381 e. The summed E-state index contributed by atoms with van der Waals surface area (Å²) in [6.07, 6.45) is 3.62. The molecular weight excluding hydrogens is 266 g/mol. The van der Waals surface area contributed by atoms with Gasteiger partial charge in [-0.1, -0.05) is 11.6 Å². The Labute approximate surface area is 118 Å². The number of hydrogen-bond acceptors (Lipinski definition) is 5. The predicted octanol–water partition coefficient (Wildman–Crippen LogP) is 2.51. The predicted molar refractivity (Wildman–Crippen MR) is 74.4 cm³/mol. The van der Waals surface area contributed by atoms with Crippen LogP contribution in [0.5, 0.6) is 0 Å². The second-order valence-electron chi connectivity index (χ2n) is 4.72. The van der Waals surface area contributed by atoms with E-state index in [2.05, 4.69) is 15.3 Å². The lowest BCUT2D eigenvalue weighted by Gasteiger charge is -2.08. The highest BCUT2D eigenvalue weighted by Crippen LogP contribution is 2.28. The van der Waals surface area contributed by atoms with Gasteiger partial charge in [-0.25, -0.2) is 9.97 Å². The first-order valence-electron chi connectivity index (χ1n) is 6.62. The highest BCUT2D eigenvalue weighted by atomic mass is 35.5. The van der Waals surface area contributed by atoms with Gasteiger partial charge in [-0.2, -0.15) is 0 Å². The van der Waals surface area contributed by atoms with Crippen LogP contribution in [0.15, 0.2) is 6.07 Å². The summed E-state index contributed by atoms with van der Waals surface area (Å²) in [5, 5.41) is 3.64. The van der Waals surface area contributed by atoms with Gasteiger partial charge in [-0.15, -0.1) is 0 Å². The van der Waals surface area contributed by atoms with E-state index in [0.717, 1.165) is 37.9 Å². The van der Waals surface area contributed by atoms with E-state index < -0.39 is 0 Å². The van der Waals surface area contributed by atoms with Crippen molar-refractivity contribution in [2.24, 2.45) is 5.92 Å². The van der Waals surface area contributed by atoms with Crippen LogP contribution in [0.1, 0.15) is 25.1 Å². The van der Waals surface area contributed by atoms with Gasteiger partial charge in [0.2, 0.25) is 0 Å². The third kappa shape index (κ3) is 5.72. The number of nitrogens with zero attached hydrogens (tertiary/aromatic N) is 2. The summed E-state index contributed by atoms with van der Waals surface area (Å²) in [6, 6.07) is 1.71. The summed E-state index contributed by atoms with van der Waals surface area (Å²) in [5.41, 5.74) is 0. The van der Waals surface area contributed by atoms with E-state index in [1.165, 1.54) is 12.8 Å². The van der Waals surface area contributed by atoms with Crippen molar-refractivity contribution in [3.05, 3.63) is 17.0 Å². The third-order valence-electron chi connectivity index (χ3n) is 2.84. The standard InChI is InChI=1S/C13H20ClN3O2/c1-18-9-13-16-11(14)7-12(17-13)15-5-2-6-19-8-10-3-4-10/h7,10H,2-6,8-9H2,1H3,(H,15,16,17). The molecule has 0 unspecified atom stereocenters. The fraction of sp³-hybridized carbons (Fsp3) is 0.692. The quantitative estimate of drug-likeness (QED) is 0.558. The van der Waals surface area contributed by atoms with Gasteiger partial charge in [0.15, 0.2) is 5.82 Å². The van der Waals surface area contributed by atoms with Gasteiger partial charge in [0.1, 0.15) is 17.6 Å². The molecule has 106 valence electrons. The molecule has 1 fully saturated rings. The molecular formula is C13H20ClN3O2. The average Bonchev–Trinajstić information content (AvgIpc) is 3.17. The molecule has 19 heavy (non-hydrogen) atoms. The molecule has 1 heterocycles. The second-order valence-corrected chi connectivity index (χ2v) is 5.11. The Kier molecular flexibility index (Phi) is 5.82. The van der Waals surface area contributed by atoms with Crippen molar-refractivity contribution in [2.75, 3.05) is 32.2 Å². The zero-order valence-corrected chi connectivity index (χ0v) is 11.9. The SMILES string of the molecule is COCc1nc(Cl)cc(NCCCOCC2CC2)n1. The Morgan fingerprint density at radius 1 is 1.42 bits per heavy atom. The molecule has 6 heteroatoms. The Morgan fingerprint density at radius 3 is 3.00 bits per heavy atom. The van der Waals surface area contributed by atoms with Crippen LogP contribution in [0.25, 0.3) is 0 Å². The average molecular weight is 286 g/mol. The normalized spacial score (nSPS) is 14.6. The minimum absolute atomic E-state index is 0.361. The van der Waals surface area contributed by atoms with Gasteiger partial charge in [0.05, 0.1) is 0 Å². The fourth-order valence-electron chi connectivity index (χ4n) is 1.67. The monoisotopic (exact) mass is 285 g/mol. The number of aromatic nitrogens is 2. The van der Waals surface area contributed by atoms with Crippen LogP contribution in [-0.4, -0.2) is 36.8 Å². The minimum atomic E-state index is 0.361. The maximum atomic E-state index is 5.92. The van der Waals surface area contributed by atoms with Crippen LogP contribution in [0.4, 0.5) is 5.82 Å². The van der Waals surface area contributed by atoms with E-state index in [-0.39, 0.29) is 0 Å². The molecule has 1 aromatic heterocycles. The molecule has 0 radical (unpaired) electrons. The first kappa shape index (κ1) is 14.5. The van der Waals surface area contributed by atoms with Crippen LogP contribution < -0.4 is 5.32 Å². The summed E-state index contributed by atoms with van der Waals surface area (Å²) >= 11 is 5.92. The van der Waals surface area contributed by atoms with Gasteiger partial charge < -0.3 is 14.8 Å². The van der Waals surface area contributed by atoms with Crippen LogP contribution >= 0.6 is 11.6 Å². The smallest absolute Gasteiger partial charge is 0.158 e. The first-order chi connectivity index (χ1) is 9.28. The van der Waals surface area contributed by atoms with Gasteiger partial charge in [-0.3, -0.25) is 0 Å². The highest BCUT2D eigenvalue weighted by Gasteiger charge is 2.20. The van der Waals surface area contributed by atoms with Crippen LogP contribution in [0, 0.1) is 5.92 Å². The summed E-state index contributed by atoms with van der Waals surface area (Å²) in [5.74, 6) is 2.14. The van der Waals surface area contributed by atoms with Crippen molar-refractivity contribution in [3.8, 4) is 0 Å².